The summed E-state index contributed by atoms with van der Waals surface area (Å²) >= 11 is 9.53. The molecule has 47 nitrogen and oxygen atoms in total. The Labute approximate surface area is 713 Å². The summed E-state index contributed by atoms with van der Waals surface area (Å²) in [6.07, 6.45) is -0.222. The number of hydroxylamine groups is 2. The molecule has 4 aromatic heterocycles. The van der Waals surface area contributed by atoms with Crippen LogP contribution in [-0.4, -0.2) is 250 Å². The van der Waals surface area contributed by atoms with Gasteiger partial charge in [-0.1, -0.05) is 48.5 Å². The Morgan fingerprint density at radius 3 is 1.31 bits per heavy atom. The molecule has 2 aromatic carbocycles. The molecule has 6 atom stereocenters. The number of nitrogens with two attached hydrogens (primary N) is 3. The number of hydrogen-bond acceptors (Lipinski definition) is 38. The fourth-order valence-corrected chi connectivity index (χ4v) is 11.0. The Morgan fingerprint density at radius 2 is 0.943 bits per heavy atom. The number of amides is 4. The lowest BCUT2D eigenvalue weighted by atomic mass is 10.1. The number of aliphatic carboxylic acids is 2. The molecular formula is C72H102Cl2N18O29P2. The number of phosphoric acid groups is 2. The number of H-pyrrole nitrogens is 2. The Hall–Kier alpha value is -11.2. The highest BCUT2D eigenvalue weighted by Gasteiger charge is 2.34. The van der Waals surface area contributed by atoms with Crippen LogP contribution >= 0.6 is 38.8 Å². The van der Waals surface area contributed by atoms with E-state index in [1.165, 1.54) is 63.2 Å². The van der Waals surface area contributed by atoms with E-state index in [9.17, 15) is 96.3 Å². The molecule has 6 aromatic rings. The molecule has 0 saturated carbocycles. The van der Waals surface area contributed by atoms with Gasteiger partial charge in [0.05, 0.1) is 81.6 Å². The number of rotatable bonds is 47. The van der Waals surface area contributed by atoms with Crippen molar-refractivity contribution in [1.82, 2.24) is 65.8 Å². The van der Waals surface area contributed by atoms with E-state index >= 15 is 0 Å². The molecule has 0 radical (unpaired) electrons. The highest BCUT2D eigenvalue weighted by atomic mass is 35.5. The van der Waals surface area contributed by atoms with Gasteiger partial charge in [0.15, 0.2) is 34.5 Å². The van der Waals surface area contributed by atoms with Crippen molar-refractivity contribution in [3.8, 4) is 0 Å². The maximum absolute atomic E-state index is 12.8. The highest BCUT2D eigenvalue weighted by Crippen LogP contribution is 2.44. The molecule has 5 heterocycles. The van der Waals surface area contributed by atoms with Gasteiger partial charge in [0.25, 0.3) is 34.7 Å². The van der Waals surface area contributed by atoms with Crippen molar-refractivity contribution < 1.29 is 129 Å². The Morgan fingerprint density at radius 1 is 0.553 bits per heavy atom. The predicted molar refractivity (Wildman–Crippen MR) is 439 cm³/mol. The van der Waals surface area contributed by atoms with Gasteiger partial charge in [0.1, 0.15) is 31.1 Å². The van der Waals surface area contributed by atoms with E-state index < -0.39 is 142 Å². The van der Waals surface area contributed by atoms with Gasteiger partial charge in [0, 0.05) is 80.5 Å². The SMILES string of the molecule is CCC(=O)OC[C@H](COP(=O)(O)OCCN)OC(=O)CC.CCC(=O)OC[C@H](COP(=O)(O)OCCNCC(=O)CCC(NC(=O)c1ccc(NCc2cnc3nc(N)[nH]c(=O)c3n2)cc1)C(=O)O)OC(=O)CC.CCN(CC)CC.ClCCl.Nc1nc2ncc(CNc3ccc(C(=O)NC(CCC(=O)ON4C(=O)CCC4=O)C(=O)O)cc3)nc2c(=O)[nH]1. The minimum Gasteiger partial charge on any atom is -0.480 e. The number of carboxylic acid groups (broad SMARTS) is 2. The van der Waals surface area contributed by atoms with E-state index in [0.29, 0.717) is 27.8 Å². The summed E-state index contributed by atoms with van der Waals surface area (Å²) in [7, 11) is -8.89. The van der Waals surface area contributed by atoms with Gasteiger partial charge in [-0.05, 0) is 81.0 Å². The maximum atomic E-state index is 12.8. The number of aromatic nitrogens is 8. The third kappa shape index (κ3) is 41.5. The van der Waals surface area contributed by atoms with Gasteiger partial charge in [-0.15, -0.1) is 28.3 Å². The average molecular weight is 1820 g/mol. The summed E-state index contributed by atoms with van der Waals surface area (Å²) in [6.45, 7) is 14.4. The first-order valence-corrected chi connectivity index (χ1v) is 42.0. The molecule has 1 fully saturated rings. The second-order valence-corrected chi connectivity index (χ2v) is 28.8. The van der Waals surface area contributed by atoms with Crippen LogP contribution in [0.1, 0.15) is 145 Å². The number of halogens is 2. The number of ether oxygens (including phenoxy) is 4. The van der Waals surface area contributed by atoms with Crippen LogP contribution in [0.15, 0.2) is 70.5 Å². The van der Waals surface area contributed by atoms with E-state index in [1.807, 2.05) is 0 Å². The van der Waals surface area contributed by atoms with Crippen molar-refractivity contribution in [2.75, 3.05) is 106 Å². The fraction of sp³-hybridized carbons (Fsp3) is 0.500. The third-order valence-corrected chi connectivity index (χ3v) is 18.0. The molecule has 1 aliphatic heterocycles. The predicted octanol–water partition coefficient (Wildman–Crippen LogP) is 3.04. The maximum Gasteiger partial charge on any atom is 0.472 e. The number of nitrogens with one attached hydrogen (secondary N) is 7. The van der Waals surface area contributed by atoms with Crippen LogP contribution in [0.3, 0.4) is 0 Å². The van der Waals surface area contributed by atoms with Gasteiger partial charge in [-0.3, -0.25) is 80.8 Å². The van der Waals surface area contributed by atoms with Crippen molar-refractivity contribution in [3.63, 3.8) is 0 Å². The number of carboxylic acids is 2. The molecule has 4 unspecified atom stereocenters. The molecule has 1 aliphatic rings. The largest absolute Gasteiger partial charge is 0.480 e. The minimum atomic E-state index is -4.61. The van der Waals surface area contributed by atoms with Crippen molar-refractivity contribution in [3.05, 3.63) is 104 Å². The molecule has 0 spiro atoms. The van der Waals surface area contributed by atoms with E-state index in [1.54, 1.807) is 45.0 Å². The van der Waals surface area contributed by atoms with E-state index in [0.717, 1.165) is 0 Å². The number of ketones is 1. The van der Waals surface area contributed by atoms with Gasteiger partial charge in [-0.2, -0.15) is 9.97 Å². The number of Topliss-reactive ketones (excluding diaryl/α,β-unsaturated/α-hetero) is 1. The molecule has 123 heavy (non-hydrogen) atoms. The van der Waals surface area contributed by atoms with Crippen molar-refractivity contribution in [2.24, 2.45) is 5.73 Å². The lowest BCUT2D eigenvalue weighted by Crippen LogP contribution is -2.41. The monoisotopic (exact) mass is 1810 g/mol. The van der Waals surface area contributed by atoms with Crippen molar-refractivity contribution in [2.45, 2.75) is 150 Å². The number of hydrogen-bond donors (Lipinski definition) is 14. The van der Waals surface area contributed by atoms with Crippen LogP contribution in [-0.2, 0) is 112 Å². The van der Waals surface area contributed by atoms with Crippen molar-refractivity contribution >= 4 is 156 Å². The van der Waals surface area contributed by atoms with Gasteiger partial charge in [0.2, 0.25) is 11.9 Å². The number of nitrogen functional groups attached to an aromatic ring is 2. The Balaban J connectivity index is 0.000000484. The Bertz CT molecular complexity index is 4690. The molecular weight excluding hydrogens is 1710 g/mol. The van der Waals surface area contributed by atoms with E-state index in [-0.39, 0.29) is 168 Å². The number of anilines is 4. The number of esters is 4. The zero-order valence-corrected chi connectivity index (χ0v) is 71.5. The summed E-state index contributed by atoms with van der Waals surface area (Å²) in [5.41, 5.74) is 17.8. The number of aromatic amines is 2. The smallest absolute Gasteiger partial charge is 0.472 e. The van der Waals surface area contributed by atoms with Crippen LogP contribution in [0.25, 0.3) is 22.3 Å². The first kappa shape index (κ1) is 106. The molecule has 4 amide bonds. The number of carbonyl (C=O) groups is 12. The van der Waals surface area contributed by atoms with Crippen LogP contribution in [0.4, 0.5) is 23.3 Å². The highest BCUT2D eigenvalue weighted by molar-refractivity contribution is 7.47. The number of fused-ring (bicyclic) bond motifs is 2. The zero-order chi connectivity index (χ0) is 91.8. The Kier molecular flexibility index (Phi) is 48.7. The minimum absolute atomic E-state index is 0.0175. The number of benzene rings is 2. The molecule has 0 aliphatic carbocycles. The second kappa shape index (κ2) is 56.5. The number of alkyl halides is 2. The topological polar surface area (TPSA) is 691 Å². The number of imide groups is 1. The molecule has 17 N–H and O–H groups in total. The second-order valence-electron chi connectivity index (χ2n) is 25.1. The molecule has 678 valence electrons. The van der Waals surface area contributed by atoms with Crippen LogP contribution in [0.2, 0.25) is 0 Å². The van der Waals surface area contributed by atoms with Gasteiger partial charge >= 0.3 is 57.4 Å². The number of phosphoric ester groups is 2. The number of nitrogens with zero attached hydrogens (tertiary/aromatic N) is 8. The summed E-state index contributed by atoms with van der Waals surface area (Å²) < 4.78 is 62.2. The molecule has 0 bridgehead atoms. The van der Waals surface area contributed by atoms with E-state index in [2.05, 4.69) is 101 Å². The van der Waals surface area contributed by atoms with Crippen LogP contribution in [0.5, 0.6) is 0 Å². The summed E-state index contributed by atoms with van der Waals surface area (Å²) in [5, 5.41) is 33.1. The average Bonchev–Trinajstić information content (AvgIpc) is 1.42. The summed E-state index contributed by atoms with van der Waals surface area (Å²) in [6, 6.07) is 9.39. The normalized spacial score (nSPS) is 13.4. The van der Waals surface area contributed by atoms with Crippen LogP contribution < -0.4 is 54.9 Å². The van der Waals surface area contributed by atoms with Gasteiger partial charge < -0.3 is 92.5 Å². The molecule has 51 heteroatoms. The molecule has 7 rings (SSSR count). The third-order valence-electron chi connectivity index (χ3n) is 16.0. The lowest BCUT2D eigenvalue weighted by Gasteiger charge is -2.19. The molecule has 1 saturated heterocycles. The number of carbonyl (C=O) groups excluding carboxylic acids is 10. The summed E-state index contributed by atoms with van der Waals surface area (Å²) in [4.78, 5) is 221. The van der Waals surface area contributed by atoms with E-state index in [4.69, 9.17) is 73.2 Å². The lowest BCUT2D eigenvalue weighted by molar-refractivity contribution is -0.197. The fourth-order valence-electron chi connectivity index (χ4n) is 9.51. The first-order chi connectivity index (χ1) is 58.4. The van der Waals surface area contributed by atoms with Gasteiger partial charge in [-0.25, -0.2) is 43.4 Å². The standard InChI is InChI=1S/C31H41N8O13P.C23H22N8O8.C11H22NO8P.C6H15N.CH2Cl2/c1-3-24(41)49-16-22(52-25(42)4-2)17-51-53(47,48)50-12-11-33-15-21(40)9-10-23(30(45)46)37-28(43)18-5-7-19(8-6-18)34-13-20-14-35-27-26(36-20)29(44)39-31(32)38-27;24-23-29-19-18(21(36)30-23)27-13(10-26-19)9-25-12-3-1-11(2-4-12)20(35)28-14(22(37)38)5-8-17(34)39-31-15(32)6-7-16(31)33;1-3-10(13)17-7-9(20-11(14)4-2)8-19-21(15,16)18-6-5-12;1-4-7(5-2)6-3;2-1-3/h5-8,14,22-23,33-34H,3-4,9-13,15-17H2,1-2H3,(H,37,43)(H,45,46)(H,47,48)(H3,32,35,38,39,44);1-4,10,14,25H,5-9H2,(H,28,35)(H,37,38)(H3,24,26,29,30,36);9H,3-8,12H2,1-2H3,(H,15,16);4-6H2,1-3H3;1H2/t22-,23?;;9-;;/m1.1../s1. The van der Waals surface area contributed by atoms with Crippen LogP contribution in [0, 0.1) is 0 Å². The van der Waals surface area contributed by atoms with Crippen molar-refractivity contribution in [1.29, 1.82) is 0 Å². The summed E-state index contributed by atoms with van der Waals surface area (Å²) in [5.74, 6) is -9.15. The first-order valence-electron chi connectivity index (χ1n) is 38.0. The zero-order valence-electron chi connectivity index (χ0n) is 68.2. The quantitative estimate of drug-likeness (QED) is 0.00652.